The molecule has 0 aromatic carbocycles. The average molecular weight is 311 g/mol. The van der Waals surface area contributed by atoms with Crippen molar-refractivity contribution in [1.29, 1.82) is 5.26 Å². The fourth-order valence-electron chi connectivity index (χ4n) is 1.92. The maximum atomic E-state index is 11.3. The SMILES string of the molecule is CCCNC(C)(C#N)CC(C)Sc1nc(=O)c(=O)[nH]n1C. The van der Waals surface area contributed by atoms with Crippen molar-refractivity contribution in [3.05, 3.63) is 20.7 Å². The van der Waals surface area contributed by atoms with Crippen LogP contribution >= 0.6 is 11.8 Å². The van der Waals surface area contributed by atoms with Gasteiger partial charge in [0.1, 0.15) is 5.54 Å². The molecule has 2 unspecified atom stereocenters. The number of hydrogen-bond donors (Lipinski definition) is 2. The van der Waals surface area contributed by atoms with Gasteiger partial charge in [-0.05, 0) is 26.3 Å². The Morgan fingerprint density at radius 3 is 2.81 bits per heavy atom. The minimum absolute atomic E-state index is 0.0583. The molecule has 2 N–H and O–H groups in total. The van der Waals surface area contributed by atoms with Crippen LogP contribution in [0.3, 0.4) is 0 Å². The lowest BCUT2D eigenvalue weighted by molar-refractivity contribution is 0.418. The van der Waals surface area contributed by atoms with Crippen LogP contribution in [0.1, 0.15) is 33.6 Å². The Hall–Kier alpha value is -1.59. The van der Waals surface area contributed by atoms with Crippen LogP contribution in [0.4, 0.5) is 0 Å². The molecule has 116 valence electrons. The number of rotatable bonds is 7. The number of hydrogen-bond acceptors (Lipinski definition) is 6. The predicted molar refractivity (Wildman–Crippen MR) is 82.3 cm³/mol. The van der Waals surface area contributed by atoms with Gasteiger partial charge in [0, 0.05) is 12.3 Å². The summed E-state index contributed by atoms with van der Waals surface area (Å²) in [6.45, 7) is 6.64. The first-order chi connectivity index (χ1) is 9.81. The van der Waals surface area contributed by atoms with Gasteiger partial charge in [-0.2, -0.15) is 10.2 Å². The molecule has 1 aromatic rings. The van der Waals surface area contributed by atoms with Crippen LogP contribution in [0.25, 0.3) is 0 Å². The van der Waals surface area contributed by atoms with Crippen LogP contribution in [0.15, 0.2) is 14.7 Å². The van der Waals surface area contributed by atoms with Gasteiger partial charge in [-0.1, -0.05) is 25.6 Å². The first-order valence-corrected chi connectivity index (χ1v) is 7.69. The summed E-state index contributed by atoms with van der Waals surface area (Å²) in [5.74, 6) is 0. The van der Waals surface area contributed by atoms with E-state index in [1.807, 2.05) is 20.8 Å². The average Bonchev–Trinajstić information content (AvgIpc) is 2.42. The second-order valence-electron chi connectivity index (χ2n) is 5.20. The number of aromatic amines is 1. The van der Waals surface area contributed by atoms with Gasteiger partial charge < -0.3 is 0 Å². The summed E-state index contributed by atoms with van der Waals surface area (Å²) in [5.41, 5.74) is -2.15. The lowest BCUT2D eigenvalue weighted by Crippen LogP contribution is -2.43. The van der Waals surface area contributed by atoms with Crippen LogP contribution < -0.4 is 16.4 Å². The van der Waals surface area contributed by atoms with E-state index >= 15 is 0 Å². The number of aromatic nitrogens is 3. The van der Waals surface area contributed by atoms with E-state index in [1.54, 1.807) is 7.05 Å². The fraction of sp³-hybridized carbons (Fsp3) is 0.692. The van der Waals surface area contributed by atoms with E-state index in [0.717, 1.165) is 13.0 Å². The molecule has 7 nitrogen and oxygen atoms in total. The van der Waals surface area contributed by atoms with E-state index in [4.69, 9.17) is 0 Å². The zero-order chi connectivity index (χ0) is 16.0. The van der Waals surface area contributed by atoms with Crippen molar-refractivity contribution >= 4 is 11.8 Å². The Labute approximate surface area is 127 Å². The van der Waals surface area contributed by atoms with Crippen molar-refractivity contribution in [3.63, 3.8) is 0 Å². The maximum Gasteiger partial charge on any atom is 0.339 e. The van der Waals surface area contributed by atoms with Crippen molar-refractivity contribution in [3.8, 4) is 6.07 Å². The number of aryl methyl sites for hydroxylation is 1. The molecule has 1 aromatic heterocycles. The molecule has 0 radical (unpaired) electrons. The molecule has 8 heteroatoms. The Morgan fingerprint density at radius 1 is 1.57 bits per heavy atom. The maximum absolute atomic E-state index is 11.3. The van der Waals surface area contributed by atoms with Gasteiger partial charge in [-0.3, -0.25) is 24.7 Å². The second kappa shape index (κ2) is 7.43. The van der Waals surface area contributed by atoms with Crippen LogP contribution in [0.2, 0.25) is 0 Å². The highest BCUT2D eigenvalue weighted by Crippen LogP contribution is 2.26. The van der Waals surface area contributed by atoms with Crippen molar-refractivity contribution in [1.82, 2.24) is 20.1 Å². The molecule has 0 aliphatic heterocycles. The molecule has 0 aliphatic rings. The monoisotopic (exact) mass is 311 g/mol. The second-order valence-corrected chi connectivity index (χ2v) is 6.61. The van der Waals surface area contributed by atoms with Gasteiger partial charge >= 0.3 is 11.1 Å². The van der Waals surface area contributed by atoms with Gasteiger partial charge in [0.15, 0.2) is 5.16 Å². The summed E-state index contributed by atoms with van der Waals surface area (Å²) in [4.78, 5) is 26.2. The molecule has 0 bridgehead atoms. The van der Waals surface area contributed by atoms with E-state index in [1.165, 1.54) is 16.4 Å². The van der Waals surface area contributed by atoms with E-state index in [9.17, 15) is 14.9 Å². The topological polar surface area (TPSA) is 104 Å². The Balaban J connectivity index is 2.80. The molecule has 0 amide bonds. The summed E-state index contributed by atoms with van der Waals surface area (Å²) in [7, 11) is 1.63. The molecule has 0 saturated carbocycles. The van der Waals surface area contributed by atoms with Crippen LogP contribution in [-0.2, 0) is 7.05 Å². The van der Waals surface area contributed by atoms with Crippen LogP contribution in [0, 0.1) is 11.3 Å². The molecular weight excluding hydrogens is 290 g/mol. The van der Waals surface area contributed by atoms with E-state index in [-0.39, 0.29) is 5.25 Å². The van der Waals surface area contributed by atoms with Gasteiger partial charge in [0.05, 0.1) is 6.07 Å². The van der Waals surface area contributed by atoms with Gasteiger partial charge in [0.25, 0.3) is 0 Å². The molecule has 0 saturated heterocycles. The van der Waals surface area contributed by atoms with Crippen LogP contribution in [0.5, 0.6) is 0 Å². The number of nitrogens with zero attached hydrogens (tertiary/aromatic N) is 3. The number of H-pyrrole nitrogens is 1. The fourth-order valence-corrected chi connectivity index (χ4v) is 3.04. The molecule has 21 heavy (non-hydrogen) atoms. The first-order valence-electron chi connectivity index (χ1n) is 6.81. The zero-order valence-corrected chi connectivity index (χ0v) is 13.6. The number of nitriles is 1. The normalized spacial score (nSPS) is 15.2. The molecule has 0 spiro atoms. The molecule has 0 aliphatic carbocycles. The van der Waals surface area contributed by atoms with Crippen LogP contribution in [-0.4, -0.2) is 32.1 Å². The summed E-state index contributed by atoms with van der Waals surface area (Å²) in [5, 5.41) is 15.4. The minimum atomic E-state index is -0.796. The summed E-state index contributed by atoms with van der Waals surface area (Å²) in [6, 6.07) is 2.29. The Kier molecular flexibility index (Phi) is 6.18. The highest BCUT2D eigenvalue weighted by atomic mass is 32.2. The molecule has 0 fully saturated rings. The standard InChI is InChI=1S/C13H21N5O2S/c1-5-6-15-13(3,8-14)7-9(2)21-12-16-10(19)11(20)17-18(12)4/h9,15H,5-7H2,1-4H3,(H,17,20). The van der Waals surface area contributed by atoms with Crippen molar-refractivity contribution in [2.75, 3.05) is 6.54 Å². The van der Waals surface area contributed by atoms with E-state index in [0.29, 0.717) is 11.6 Å². The van der Waals surface area contributed by atoms with Crippen molar-refractivity contribution < 1.29 is 0 Å². The first kappa shape index (κ1) is 17.5. The van der Waals surface area contributed by atoms with E-state index in [2.05, 4.69) is 21.5 Å². The van der Waals surface area contributed by atoms with E-state index < -0.39 is 16.7 Å². The van der Waals surface area contributed by atoms with Crippen molar-refractivity contribution in [2.24, 2.45) is 7.05 Å². The lowest BCUT2D eigenvalue weighted by atomic mass is 9.98. The van der Waals surface area contributed by atoms with Gasteiger partial charge in [-0.25, -0.2) is 0 Å². The Morgan fingerprint density at radius 2 is 2.24 bits per heavy atom. The number of nitrogens with one attached hydrogen (secondary N) is 2. The smallest absolute Gasteiger partial charge is 0.300 e. The number of thioether (sulfide) groups is 1. The molecule has 2 atom stereocenters. The molecule has 1 heterocycles. The molecule has 1 rings (SSSR count). The Bertz CT molecular complexity index is 633. The lowest BCUT2D eigenvalue weighted by Gasteiger charge is -2.26. The van der Waals surface area contributed by atoms with Gasteiger partial charge in [0.2, 0.25) is 0 Å². The van der Waals surface area contributed by atoms with Gasteiger partial charge in [-0.15, -0.1) is 0 Å². The largest absolute Gasteiger partial charge is 0.339 e. The summed E-state index contributed by atoms with van der Waals surface area (Å²) >= 11 is 1.36. The quantitative estimate of drug-likeness (QED) is 0.565. The zero-order valence-electron chi connectivity index (χ0n) is 12.8. The summed E-state index contributed by atoms with van der Waals surface area (Å²) < 4.78 is 1.42. The minimum Gasteiger partial charge on any atom is -0.300 e. The third kappa shape index (κ3) is 5.02. The molecular formula is C13H21N5O2S. The highest BCUT2D eigenvalue weighted by molar-refractivity contribution is 7.99. The predicted octanol–water partition coefficient (Wildman–Crippen LogP) is 0.621. The van der Waals surface area contributed by atoms with Crippen molar-refractivity contribution in [2.45, 2.75) is 49.6 Å². The highest BCUT2D eigenvalue weighted by Gasteiger charge is 2.26. The summed E-state index contributed by atoms with van der Waals surface area (Å²) in [6.07, 6.45) is 1.55. The third-order valence-corrected chi connectivity index (χ3v) is 4.11. The third-order valence-electron chi connectivity index (χ3n) is 2.96.